The first-order valence-corrected chi connectivity index (χ1v) is 10.8. The number of carbonyl (C=O) groups excluding carboxylic acids is 1. The molecule has 0 aliphatic rings. The molecule has 3 aromatic rings. The van der Waals surface area contributed by atoms with Gasteiger partial charge >= 0.3 is 0 Å². The summed E-state index contributed by atoms with van der Waals surface area (Å²) in [5, 5.41) is 3.02. The van der Waals surface area contributed by atoms with Crippen LogP contribution in [-0.2, 0) is 0 Å². The van der Waals surface area contributed by atoms with Crippen LogP contribution >= 0.6 is 0 Å². The number of aromatic amines is 1. The Kier molecular flexibility index (Phi) is 7.46. The lowest BCUT2D eigenvalue weighted by atomic mass is 10.1. The molecule has 2 aromatic carbocycles. The quantitative estimate of drug-likeness (QED) is 0.488. The zero-order valence-electron chi connectivity index (χ0n) is 18.4. The molecule has 0 saturated heterocycles. The maximum Gasteiger partial charge on any atom is 0.251 e. The Morgan fingerprint density at radius 2 is 1.97 bits per heavy atom. The Balaban J connectivity index is 1.76. The van der Waals surface area contributed by atoms with Crippen molar-refractivity contribution in [2.24, 2.45) is 0 Å². The van der Waals surface area contributed by atoms with Gasteiger partial charge in [0.25, 0.3) is 5.91 Å². The highest BCUT2D eigenvalue weighted by Crippen LogP contribution is 2.31. The lowest BCUT2D eigenvalue weighted by molar-refractivity contribution is 0.0951. The molecular formula is C24H32N4O2. The fourth-order valence-corrected chi connectivity index (χ4v) is 3.58. The molecule has 0 aliphatic heterocycles. The number of fused-ring (bicyclic) bond motifs is 1. The third-order valence-electron chi connectivity index (χ3n) is 5.34. The van der Waals surface area contributed by atoms with Gasteiger partial charge in [0.1, 0.15) is 11.6 Å². The first kappa shape index (κ1) is 21.8. The van der Waals surface area contributed by atoms with E-state index in [1.165, 1.54) is 0 Å². The van der Waals surface area contributed by atoms with Gasteiger partial charge < -0.3 is 19.9 Å². The van der Waals surface area contributed by atoms with Gasteiger partial charge in [-0.25, -0.2) is 4.98 Å². The van der Waals surface area contributed by atoms with E-state index in [4.69, 9.17) is 9.72 Å². The minimum Gasteiger partial charge on any atom is -0.493 e. The van der Waals surface area contributed by atoms with E-state index >= 15 is 0 Å². The molecule has 0 fully saturated rings. The Morgan fingerprint density at radius 3 is 2.67 bits per heavy atom. The largest absolute Gasteiger partial charge is 0.493 e. The molecule has 0 unspecified atom stereocenters. The van der Waals surface area contributed by atoms with Crippen LogP contribution in [0.25, 0.3) is 22.4 Å². The number of aromatic nitrogens is 2. The highest BCUT2D eigenvalue weighted by molar-refractivity contribution is 5.95. The van der Waals surface area contributed by atoms with Crippen LogP contribution in [0.2, 0.25) is 0 Å². The number of para-hydroxylation sites is 1. The van der Waals surface area contributed by atoms with E-state index in [0.717, 1.165) is 54.0 Å². The minimum atomic E-state index is -0.0810. The summed E-state index contributed by atoms with van der Waals surface area (Å²) in [6.45, 7) is 12.5. The van der Waals surface area contributed by atoms with Gasteiger partial charge in [-0.2, -0.15) is 0 Å². The van der Waals surface area contributed by atoms with Gasteiger partial charge in [0.2, 0.25) is 0 Å². The van der Waals surface area contributed by atoms with Gasteiger partial charge in [-0.1, -0.05) is 26.0 Å². The van der Waals surface area contributed by atoms with Crippen molar-refractivity contribution < 1.29 is 9.53 Å². The molecule has 2 N–H and O–H groups in total. The molecule has 0 bridgehead atoms. The number of nitrogens with zero attached hydrogens (tertiary/aromatic N) is 2. The van der Waals surface area contributed by atoms with Crippen molar-refractivity contribution in [2.45, 2.75) is 34.1 Å². The van der Waals surface area contributed by atoms with Crippen molar-refractivity contribution in [1.82, 2.24) is 20.2 Å². The van der Waals surface area contributed by atoms with Crippen molar-refractivity contribution in [3.63, 3.8) is 0 Å². The average molecular weight is 409 g/mol. The minimum absolute atomic E-state index is 0.0810. The predicted molar refractivity (Wildman–Crippen MR) is 122 cm³/mol. The lowest BCUT2D eigenvalue weighted by Crippen LogP contribution is -2.29. The SMILES string of the molecule is CCOc1cc(C(=O)NCCCN(CC)CC)ccc1-c1nc2c(C)cccc2[nH]1. The van der Waals surface area contributed by atoms with E-state index in [2.05, 4.69) is 29.0 Å². The molecule has 3 rings (SSSR count). The van der Waals surface area contributed by atoms with Crippen LogP contribution in [0.15, 0.2) is 36.4 Å². The molecule has 0 radical (unpaired) electrons. The van der Waals surface area contributed by atoms with Crippen LogP contribution in [-0.4, -0.2) is 53.6 Å². The Bertz CT molecular complexity index is 992. The highest BCUT2D eigenvalue weighted by Gasteiger charge is 2.15. The van der Waals surface area contributed by atoms with Gasteiger partial charge in [-0.05, 0) is 69.7 Å². The lowest BCUT2D eigenvalue weighted by Gasteiger charge is -2.17. The summed E-state index contributed by atoms with van der Waals surface area (Å²) in [6, 6.07) is 11.6. The third kappa shape index (κ3) is 5.00. The smallest absolute Gasteiger partial charge is 0.251 e. The molecule has 0 saturated carbocycles. The Labute approximate surface area is 178 Å². The van der Waals surface area contributed by atoms with Gasteiger partial charge in [-0.3, -0.25) is 4.79 Å². The summed E-state index contributed by atoms with van der Waals surface area (Å²) in [5.41, 5.74) is 4.50. The zero-order valence-corrected chi connectivity index (χ0v) is 18.4. The van der Waals surface area contributed by atoms with Gasteiger partial charge in [0, 0.05) is 12.1 Å². The van der Waals surface area contributed by atoms with Crippen molar-refractivity contribution in [2.75, 3.05) is 32.8 Å². The van der Waals surface area contributed by atoms with Crippen LogP contribution in [0.3, 0.4) is 0 Å². The van der Waals surface area contributed by atoms with E-state index in [-0.39, 0.29) is 5.91 Å². The molecule has 6 nitrogen and oxygen atoms in total. The van der Waals surface area contributed by atoms with Crippen LogP contribution in [0.5, 0.6) is 5.75 Å². The first-order chi connectivity index (χ1) is 14.6. The predicted octanol–water partition coefficient (Wildman–Crippen LogP) is 4.40. The molecule has 0 aliphatic carbocycles. The molecule has 1 heterocycles. The standard InChI is InChI=1S/C24H32N4O2/c1-5-28(6-2)15-9-14-25-24(29)18-12-13-19(21(16-18)30-7-3)23-26-20-11-8-10-17(4)22(20)27-23/h8,10-13,16H,5-7,9,14-15H2,1-4H3,(H,25,29)(H,26,27). The van der Waals surface area contributed by atoms with Crippen LogP contribution in [0.1, 0.15) is 43.1 Å². The van der Waals surface area contributed by atoms with Crippen LogP contribution < -0.4 is 10.1 Å². The summed E-state index contributed by atoms with van der Waals surface area (Å²) < 4.78 is 5.85. The molecule has 160 valence electrons. The van der Waals surface area contributed by atoms with Gasteiger partial charge in [0.15, 0.2) is 0 Å². The summed E-state index contributed by atoms with van der Waals surface area (Å²) in [5.74, 6) is 1.32. The molecule has 30 heavy (non-hydrogen) atoms. The van der Waals surface area contributed by atoms with E-state index in [0.29, 0.717) is 24.5 Å². The zero-order chi connectivity index (χ0) is 21.5. The number of rotatable bonds is 10. The molecule has 1 amide bonds. The molecule has 6 heteroatoms. The molecule has 1 aromatic heterocycles. The topological polar surface area (TPSA) is 70.2 Å². The van der Waals surface area contributed by atoms with Crippen molar-refractivity contribution in [1.29, 1.82) is 0 Å². The number of aryl methyl sites for hydroxylation is 1. The fourth-order valence-electron chi connectivity index (χ4n) is 3.58. The monoisotopic (exact) mass is 408 g/mol. The maximum atomic E-state index is 12.6. The summed E-state index contributed by atoms with van der Waals surface area (Å²) >= 11 is 0. The number of imidazole rings is 1. The molecule has 0 spiro atoms. The van der Waals surface area contributed by atoms with Crippen molar-refractivity contribution in [3.8, 4) is 17.1 Å². The summed E-state index contributed by atoms with van der Waals surface area (Å²) in [4.78, 5) is 23.1. The number of nitrogens with one attached hydrogen (secondary N) is 2. The molecular weight excluding hydrogens is 376 g/mol. The van der Waals surface area contributed by atoms with Crippen LogP contribution in [0.4, 0.5) is 0 Å². The van der Waals surface area contributed by atoms with Crippen LogP contribution in [0, 0.1) is 6.92 Å². The number of H-pyrrole nitrogens is 1. The number of hydrogen-bond acceptors (Lipinski definition) is 4. The summed E-state index contributed by atoms with van der Waals surface area (Å²) in [6.07, 6.45) is 0.933. The van der Waals surface area contributed by atoms with Crippen molar-refractivity contribution >= 4 is 16.9 Å². The number of ether oxygens (including phenoxy) is 1. The van der Waals surface area contributed by atoms with Crippen molar-refractivity contribution in [3.05, 3.63) is 47.5 Å². The Hall–Kier alpha value is -2.86. The number of benzene rings is 2. The van der Waals surface area contributed by atoms with E-state index in [1.54, 1.807) is 6.07 Å². The summed E-state index contributed by atoms with van der Waals surface area (Å²) in [7, 11) is 0. The fraction of sp³-hybridized carbons (Fsp3) is 0.417. The van der Waals surface area contributed by atoms with Gasteiger partial charge in [-0.15, -0.1) is 0 Å². The van der Waals surface area contributed by atoms with E-state index < -0.39 is 0 Å². The Morgan fingerprint density at radius 1 is 1.17 bits per heavy atom. The average Bonchev–Trinajstić information content (AvgIpc) is 3.19. The molecule has 0 atom stereocenters. The second kappa shape index (κ2) is 10.3. The normalized spacial score (nSPS) is 11.2. The second-order valence-electron chi connectivity index (χ2n) is 7.34. The third-order valence-corrected chi connectivity index (χ3v) is 5.34. The highest BCUT2D eigenvalue weighted by atomic mass is 16.5. The van der Waals surface area contributed by atoms with E-state index in [1.807, 2.05) is 44.2 Å². The number of amides is 1. The number of carbonyl (C=O) groups is 1. The van der Waals surface area contributed by atoms with Gasteiger partial charge in [0.05, 0.1) is 23.2 Å². The first-order valence-electron chi connectivity index (χ1n) is 10.8. The second-order valence-corrected chi connectivity index (χ2v) is 7.34. The maximum absolute atomic E-state index is 12.6. The van der Waals surface area contributed by atoms with E-state index in [9.17, 15) is 4.79 Å². The number of hydrogen-bond donors (Lipinski definition) is 2.